The van der Waals surface area contributed by atoms with Crippen molar-refractivity contribution in [2.45, 2.75) is 26.3 Å². The molecule has 2 amide bonds. The van der Waals surface area contributed by atoms with Gasteiger partial charge in [-0.3, -0.25) is 14.0 Å². The molecule has 1 aromatic carbocycles. The molecule has 10 heteroatoms. The molecule has 170 valence electrons. The minimum atomic E-state index is -0.176. The molecule has 0 saturated carbocycles. The number of likely N-dealkylation sites (tertiary alicyclic amines) is 1. The number of benzene rings is 1. The zero-order chi connectivity index (χ0) is 23.1. The number of ether oxygens (including phenoxy) is 1. The van der Waals surface area contributed by atoms with Gasteiger partial charge in [-0.25, -0.2) is 9.97 Å². The van der Waals surface area contributed by atoms with Crippen LogP contribution >= 0.6 is 22.7 Å². The van der Waals surface area contributed by atoms with E-state index in [1.807, 2.05) is 54.6 Å². The summed E-state index contributed by atoms with van der Waals surface area (Å²) in [5.41, 5.74) is 2.81. The molecule has 5 rings (SSSR count). The van der Waals surface area contributed by atoms with Crippen LogP contribution in [-0.4, -0.2) is 57.3 Å². The average molecular weight is 482 g/mol. The number of hydrogen-bond acceptors (Lipinski definition) is 7. The number of fused-ring (bicyclic) bond motifs is 1. The predicted octanol–water partition coefficient (Wildman–Crippen LogP) is 3.79. The number of aryl methyl sites for hydroxylation is 2. The number of carbonyl (C=O) groups excluding carboxylic acids is 2. The maximum Gasteiger partial charge on any atom is 0.270 e. The molecule has 8 nitrogen and oxygen atoms in total. The number of rotatable bonds is 6. The Bertz CT molecular complexity index is 1340. The van der Waals surface area contributed by atoms with Crippen molar-refractivity contribution in [3.05, 3.63) is 57.1 Å². The topological polar surface area (TPSA) is 88.8 Å². The van der Waals surface area contributed by atoms with E-state index in [0.717, 1.165) is 27.7 Å². The van der Waals surface area contributed by atoms with Crippen molar-refractivity contribution >= 4 is 39.4 Å². The van der Waals surface area contributed by atoms with Crippen molar-refractivity contribution in [2.75, 3.05) is 20.2 Å². The van der Waals surface area contributed by atoms with E-state index in [4.69, 9.17) is 4.74 Å². The second-order valence-electron chi connectivity index (χ2n) is 7.89. The molecule has 1 saturated heterocycles. The van der Waals surface area contributed by atoms with E-state index in [1.165, 1.54) is 22.7 Å². The van der Waals surface area contributed by atoms with Gasteiger partial charge in [0.05, 0.1) is 29.5 Å². The highest BCUT2D eigenvalue weighted by atomic mass is 32.1. The fraction of sp³-hybridized carbons (Fsp3) is 0.304. The molecule has 3 aromatic heterocycles. The monoisotopic (exact) mass is 481 g/mol. The standard InChI is InChI=1S/C23H23N5O3S2/c1-13-19(28-10-11-32-23(28)25-13)21(29)24-12-16-8-9-27(16)22(30)20-18(26-14(2)33-20)15-4-6-17(31-3)7-5-15/h4-7,10-11,16H,8-9,12H2,1-3H3,(H,24,29). The van der Waals surface area contributed by atoms with E-state index >= 15 is 0 Å². The van der Waals surface area contributed by atoms with Crippen LogP contribution in [0.3, 0.4) is 0 Å². The Labute approximate surface area is 198 Å². The molecule has 0 bridgehead atoms. The molecule has 1 fully saturated rings. The quantitative estimate of drug-likeness (QED) is 0.453. The van der Waals surface area contributed by atoms with Crippen LogP contribution in [-0.2, 0) is 0 Å². The first kappa shape index (κ1) is 21.6. The van der Waals surface area contributed by atoms with Crippen LogP contribution in [0.5, 0.6) is 5.75 Å². The Morgan fingerprint density at radius 2 is 2.00 bits per heavy atom. The summed E-state index contributed by atoms with van der Waals surface area (Å²) in [6.45, 7) is 4.80. The van der Waals surface area contributed by atoms with Gasteiger partial charge in [0.2, 0.25) is 0 Å². The molecule has 1 unspecified atom stereocenters. The fourth-order valence-electron chi connectivity index (χ4n) is 4.03. The first-order chi connectivity index (χ1) is 16.0. The minimum absolute atomic E-state index is 0.0428. The van der Waals surface area contributed by atoms with Gasteiger partial charge in [0, 0.05) is 30.2 Å². The molecule has 4 heterocycles. The van der Waals surface area contributed by atoms with E-state index in [0.29, 0.717) is 35.0 Å². The van der Waals surface area contributed by atoms with Crippen LogP contribution in [0.1, 0.15) is 37.3 Å². The van der Waals surface area contributed by atoms with Gasteiger partial charge in [-0.1, -0.05) is 0 Å². The fourth-order valence-corrected chi connectivity index (χ4v) is 5.69. The molecule has 33 heavy (non-hydrogen) atoms. The highest BCUT2D eigenvalue weighted by Gasteiger charge is 2.35. The lowest BCUT2D eigenvalue weighted by Crippen LogP contribution is -2.55. The summed E-state index contributed by atoms with van der Waals surface area (Å²) in [4.78, 5) is 38.5. The lowest BCUT2D eigenvalue weighted by molar-refractivity contribution is 0.0461. The van der Waals surface area contributed by atoms with Crippen molar-refractivity contribution in [3.8, 4) is 17.0 Å². The summed E-state index contributed by atoms with van der Waals surface area (Å²) in [5, 5.41) is 5.74. The van der Waals surface area contributed by atoms with E-state index in [-0.39, 0.29) is 17.9 Å². The van der Waals surface area contributed by atoms with Gasteiger partial charge >= 0.3 is 0 Å². The van der Waals surface area contributed by atoms with Crippen LogP contribution in [0.15, 0.2) is 35.8 Å². The van der Waals surface area contributed by atoms with E-state index in [9.17, 15) is 9.59 Å². The summed E-state index contributed by atoms with van der Waals surface area (Å²) in [6.07, 6.45) is 2.70. The minimum Gasteiger partial charge on any atom is -0.497 e. The summed E-state index contributed by atoms with van der Waals surface area (Å²) >= 11 is 2.89. The van der Waals surface area contributed by atoms with Gasteiger partial charge in [0.1, 0.15) is 16.3 Å². The maximum atomic E-state index is 13.4. The van der Waals surface area contributed by atoms with Crippen LogP contribution in [0.4, 0.5) is 0 Å². The lowest BCUT2D eigenvalue weighted by atomic mass is 10.0. The summed E-state index contributed by atoms with van der Waals surface area (Å²) in [7, 11) is 1.62. The van der Waals surface area contributed by atoms with Crippen LogP contribution in [0.25, 0.3) is 16.2 Å². The smallest absolute Gasteiger partial charge is 0.270 e. The number of aromatic nitrogens is 3. The normalized spacial score (nSPS) is 15.5. The van der Waals surface area contributed by atoms with Gasteiger partial charge < -0.3 is 15.0 Å². The number of hydrogen-bond donors (Lipinski definition) is 1. The number of thiazole rings is 2. The second-order valence-corrected chi connectivity index (χ2v) is 9.97. The summed E-state index contributed by atoms with van der Waals surface area (Å²) in [6, 6.07) is 7.51. The van der Waals surface area contributed by atoms with Crippen LogP contribution in [0.2, 0.25) is 0 Å². The first-order valence-electron chi connectivity index (χ1n) is 10.6. The van der Waals surface area contributed by atoms with Gasteiger partial charge in [-0.15, -0.1) is 22.7 Å². The lowest BCUT2D eigenvalue weighted by Gasteiger charge is -2.41. The zero-order valence-corrected chi connectivity index (χ0v) is 20.1. The highest BCUT2D eigenvalue weighted by Crippen LogP contribution is 2.32. The number of nitrogens with zero attached hydrogens (tertiary/aromatic N) is 4. The predicted molar refractivity (Wildman–Crippen MR) is 128 cm³/mol. The Morgan fingerprint density at radius 1 is 1.21 bits per heavy atom. The summed E-state index contributed by atoms with van der Waals surface area (Å²) in [5.74, 6) is 0.535. The van der Waals surface area contributed by atoms with Crippen molar-refractivity contribution in [1.29, 1.82) is 0 Å². The molecule has 4 aromatic rings. The molecule has 0 aliphatic carbocycles. The maximum absolute atomic E-state index is 13.4. The van der Waals surface area contributed by atoms with Gasteiger partial charge in [-0.2, -0.15) is 0 Å². The third-order valence-electron chi connectivity index (χ3n) is 5.85. The van der Waals surface area contributed by atoms with E-state index < -0.39 is 0 Å². The number of carbonyl (C=O) groups is 2. The Kier molecular flexibility index (Phi) is 5.63. The van der Waals surface area contributed by atoms with E-state index in [2.05, 4.69) is 15.3 Å². The molecular formula is C23H23N5O3S2. The molecule has 1 atom stereocenters. The average Bonchev–Trinajstić information content (AvgIpc) is 3.47. The third-order valence-corrected chi connectivity index (χ3v) is 7.56. The Morgan fingerprint density at radius 3 is 2.70 bits per heavy atom. The third kappa shape index (κ3) is 3.89. The van der Waals surface area contributed by atoms with Gasteiger partial charge in [0.15, 0.2) is 4.96 Å². The molecule has 0 radical (unpaired) electrons. The first-order valence-corrected chi connectivity index (χ1v) is 12.3. The number of nitrogens with one attached hydrogen (secondary N) is 1. The Balaban J connectivity index is 1.30. The van der Waals surface area contributed by atoms with Gasteiger partial charge in [0.25, 0.3) is 11.8 Å². The SMILES string of the molecule is COc1ccc(-c2nc(C)sc2C(=O)N2CCC2CNC(=O)c2c(C)nc3sccn23)cc1. The molecule has 1 N–H and O–H groups in total. The van der Waals surface area contributed by atoms with Crippen LogP contribution < -0.4 is 10.1 Å². The number of imidazole rings is 1. The largest absolute Gasteiger partial charge is 0.497 e. The molecule has 1 aliphatic heterocycles. The van der Waals surface area contributed by atoms with Crippen molar-refractivity contribution in [1.82, 2.24) is 24.6 Å². The Hall–Kier alpha value is -3.24. The molecular weight excluding hydrogens is 458 g/mol. The van der Waals surface area contributed by atoms with Crippen molar-refractivity contribution < 1.29 is 14.3 Å². The number of methoxy groups -OCH3 is 1. The number of amides is 2. The van der Waals surface area contributed by atoms with E-state index in [1.54, 1.807) is 11.5 Å². The summed E-state index contributed by atoms with van der Waals surface area (Å²) < 4.78 is 7.04. The van der Waals surface area contributed by atoms with Crippen LogP contribution in [0, 0.1) is 13.8 Å². The molecule has 0 spiro atoms. The highest BCUT2D eigenvalue weighted by molar-refractivity contribution is 7.15. The second kappa shape index (κ2) is 8.60. The van der Waals surface area contributed by atoms with Gasteiger partial charge in [-0.05, 0) is 44.5 Å². The van der Waals surface area contributed by atoms with Crippen molar-refractivity contribution in [2.24, 2.45) is 0 Å². The van der Waals surface area contributed by atoms with Crippen molar-refractivity contribution in [3.63, 3.8) is 0 Å². The zero-order valence-electron chi connectivity index (χ0n) is 18.5. The molecule has 1 aliphatic rings.